The Balaban J connectivity index is 0.00000231. The smallest absolute Gasteiger partial charge is 0.321 e. The van der Waals surface area contributed by atoms with Gasteiger partial charge in [-0.15, -0.1) is 12.4 Å². The molecule has 2 heterocycles. The highest BCUT2D eigenvalue weighted by atomic mass is 35.5. The molecule has 0 saturated carbocycles. The maximum atomic E-state index is 13.3. The van der Waals surface area contributed by atoms with Crippen LogP contribution in [0, 0.1) is 0 Å². The van der Waals surface area contributed by atoms with E-state index >= 15 is 0 Å². The van der Waals surface area contributed by atoms with Crippen LogP contribution in [0.1, 0.15) is 17.5 Å². The first kappa shape index (κ1) is 20.9. The molecule has 0 bridgehead atoms. The first-order valence-corrected chi connectivity index (χ1v) is 10.1. The SMILES string of the molecule is Cl.O=C1OC(Cn2cnc(-c3ccccc3)c2)CC1(c1ccccc1)c1ccccc1. The first-order chi connectivity index (χ1) is 14.8. The zero-order valence-electron chi connectivity index (χ0n) is 16.9. The summed E-state index contributed by atoms with van der Waals surface area (Å²) in [6.07, 6.45) is 4.18. The van der Waals surface area contributed by atoms with Gasteiger partial charge in [0.25, 0.3) is 0 Å². The Morgan fingerprint density at radius 3 is 2.00 bits per heavy atom. The van der Waals surface area contributed by atoms with E-state index in [9.17, 15) is 4.79 Å². The van der Waals surface area contributed by atoms with Crippen molar-refractivity contribution in [2.24, 2.45) is 0 Å². The standard InChI is InChI=1S/C26H22N2O2.ClH/c29-25-26(21-12-6-2-7-13-21,22-14-8-3-9-15-22)16-23(30-25)17-28-18-24(27-19-28)20-10-4-1-5-11-20;/h1-15,18-19,23H,16-17H2;1H. The number of benzene rings is 3. The Morgan fingerprint density at radius 1 is 0.871 bits per heavy atom. The summed E-state index contributed by atoms with van der Waals surface area (Å²) in [5, 5.41) is 0. The number of cyclic esters (lactones) is 1. The normalized spacial score (nSPS) is 17.0. The summed E-state index contributed by atoms with van der Waals surface area (Å²) in [5.74, 6) is -0.187. The van der Waals surface area contributed by atoms with Crippen LogP contribution in [0.3, 0.4) is 0 Å². The van der Waals surface area contributed by atoms with Gasteiger partial charge in [-0.25, -0.2) is 4.98 Å². The van der Waals surface area contributed by atoms with Crippen LogP contribution in [0.5, 0.6) is 0 Å². The topological polar surface area (TPSA) is 44.1 Å². The third-order valence-corrected chi connectivity index (χ3v) is 5.81. The fourth-order valence-electron chi connectivity index (χ4n) is 4.36. The van der Waals surface area contributed by atoms with Crippen molar-refractivity contribution in [2.45, 2.75) is 24.5 Å². The van der Waals surface area contributed by atoms with E-state index in [0.717, 1.165) is 22.4 Å². The fraction of sp³-hybridized carbons (Fsp3) is 0.154. The predicted molar refractivity (Wildman–Crippen MR) is 123 cm³/mol. The Hall–Kier alpha value is -3.37. The van der Waals surface area contributed by atoms with E-state index in [0.29, 0.717) is 13.0 Å². The Labute approximate surface area is 187 Å². The lowest BCUT2D eigenvalue weighted by Gasteiger charge is -2.26. The third kappa shape index (κ3) is 3.87. The highest BCUT2D eigenvalue weighted by molar-refractivity contribution is 5.89. The fourth-order valence-corrected chi connectivity index (χ4v) is 4.36. The van der Waals surface area contributed by atoms with Crippen LogP contribution in [0.4, 0.5) is 0 Å². The van der Waals surface area contributed by atoms with E-state index in [2.05, 4.69) is 4.98 Å². The third-order valence-electron chi connectivity index (χ3n) is 5.81. The van der Waals surface area contributed by atoms with Crippen LogP contribution in [-0.4, -0.2) is 21.6 Å². The Kier molecular flexibility index (Phi) is 5.92. The van der Waals surface area contributed by atoms with Crippen LogP contribution < -0.4 is 0 Å². The molecule has 1 aliphatic rings. The second-order valence-corrected chi connectivity index (χ2v) is 7.69. The predicted octanol–water partition coefficient (Wildman–Crippen LogP) is 5.27. The average molecular weight is 431 g/mol. The molecule has 4 nitrogen and oxygen atoms in total. The van der Waals surface area contributed by atoms with Crippen LogP contribution in [0.25, 0.3) is 11.3 Å². The van der Waals surface area contributed by atoms with Gasteiger partial charge in [0.2, 0.25) is 0 Å². The quantitative estimate of drug-likeness (QED) is 0.405. The van der Waals surface area contributed by atoms with Gasteiger partial charge < -0.3 is 9.30 Å². The average Bonchev–Trinajstić information content (AvgIpc) is 3.40. The van der Waals surface area contributed by atoms with Crippen molar-refractivity contribution in [3.05, 3.63) is 115 Å². The molecule has 31 heavy (non-hydrogen) atoms. The second-order valence-electron chi connectivity index (χ2n) is 7.69. The molecule has 1 fully saturated rings. The highest BCUT2D eigenvalue weighted by Gasteiger charge is 2.51. The lowest BCUT2D eigenvalue weighted by Crippen LogP contribution is -2.33. The number of carbonyl (C=O) groups excluding carboxylic acids is 1. The van der Waals surface area contributed by atoms with Crippen molar-refractivity contribution in [3.8, 4) is 11.3 Å². The van der Waals surface area contributed by atoms with E-state index < -0.39 is 5.41 Å². The number of esters is 1. The monoisotopic (exact) mass is 430 g/mol. The molecule has 1 saturated heterocycles. The minimum absolute atomic E-state index is 0. The molecule has 1 aromatic heterocycles. The minimum atomic E-state index is -0.782. The summed E-state index contributed by atoms with van der Waals surface area (Å²) in [7, 11) is 0. The van der Waals surface area contributed by atoms with Crippen molar-refractivity contribution in [3.63, 3.8) is 0 Å². The summed E-state index contributed by atoms with van der Waals surface area (Å²) in [5.41, 5.74) is 3.15. The molecule has 1 aliphatic heterocycles. The van der Waals surface area contributed by atoms with Crippen LogP contribution >= 0.6 is 12.4 Å². The molecule has 0 aliphatic carbocycles. The van der Waals surface area contributed by atoms with E-state index in [4.69, 9.17) is 4.74 Å². The molecular formula is C26H23ClN2O2. The zero-order chi connectivity index (χ0) is 20.4. The lowest BCUT2D eigenvalue weighted by molar-refractivity contribution is -0.145. The van der Waals surface area contributed by atoms with Crippen molar-refractivity contribution in [2.75, 3.05) is 0 Å². The molecule has 0 amide bonds. The maximum absolute atomic E-state index is 13.3. The summed E-state index contributed by atoms with van der Waals surface area (Å²) in [6, 6.07) is 30.0. The molecule has 0 spiro atoms. The molecule has 1 atom stereocenters. The number of halogens is 1. The minimum Gasteiger partial charge on any atom is -0.459 e. The molecule has 1 unspecified atom stereocenters. The lowest BCUT2D eigenvalue weighted by atomic mass is 9.72. The molecular weight excluding hydrogens is 408 g/mol. The molecule has 5 rings (SSSR count). The van der Waals surface area contributed by atoms with E-state index in [1.807, 2.05) is 102 Å². The van der Waals surface area contributed by atoms with Gasteiger partial charge in [0.15, 0.2) is 0 Å². The molecule has 5 heteroatoms. The molecule has 4 aromatic rings. The molecule has 0 N–H and O–H groups in total. The van der Waals surface area contributed by atoms with Crippen LogP contribution in [0.2, 0.25) is 0 Å². The van der Waals surface area contributed by atoms with Crippen molar-refractivity contribution in [1.82, 2.24) is 9.55 Å². The van der Waals surface area contributed by atoms with Gasteiger partial charge in [0.05, 0.1) is 18.6 Å². The van der Waals surface area contributed by atoms with Gasteiger partial charge in [-0.2, -0.15) is 0 Å². The number of nitrogens with zero attached hydrogens (tertiary/aromatic N) is 2. The second kappa shape index (κ2) is 8.78. The van der Waals surface area contributed by atoms with Crippen molar-refractivity contribution < 1.29 is 9.53 Å². The van der Waals surface area contributed by atoms with Gasteiger partial charge >= 0.3 is 5.97 Å². The van der Waals surface area contributed by atoms with Gasteiger partial charge in [0, 0.05) is 18.2 Å². The van der Waals surface area contributed by atoms with Gasteiger partial charge in [-0.3, -0.25) is 4.79 Å². The molecule has 3 aromatic carbocycles. The van der Waals surface area contributed by atoms with Gasteiger partial charge in [-0.05, 0) is 11.1 Å². The number of carbonyl (C=O) groups is 1. The van der Waals surface area contributed by atoms with Crippen LogP contribution in [0.15, 0.2) is 104 Å². The van der Waals surface area contributed by atoms with Gasteiger partial charge in [0.1, 0.15) is 11.5 Å². The zero-order valence-corrected chi connectivity index (χ0v) is 17.7. The largest absolute Gasteiger partial charge is 0.459 e. The molecule has 0 radical (unpaired) electrons. The van der Waals surface area contributed by atoms with Gasteiger partial charge in [-0.1, -0.05) is 91.0 Å². The Bertz CT molecular complexity index is 1100. The highest BCUT2D eigenvalue weighted by Crippen LogP contribution is 2.43. The molecule has 156 valence electrons. The number of rotatable bonds is 5. The number of hydrogen-bond donors (Lipinski definition) is 0. The maximum Gasteiger partial charge on any atom is 0.321 e. The first-order valence-electron chi connectivity index (χ1n) is 10.1. The summed E-state index contributed by atoms with van der Waals surface area (Å²) < 4.78 is 7.92. The number of ether oxygens (including phenoxy) is 1. The van der Waals surface area contributed by atoms with Crippen LogP contribution in [-0.2, 0) is 21.5 Å². The number of imidazole rings is 1. The van der Waals surface area contributed by atoms with E-state index in [1.165, 1.54) is 0 Å². The Morgan fingerprint density at radius 2 is 1.42 bits per heavy atom. The summed E-state index contributed by atoms with van der Waals surface area (Å²) in [4.78, 5) is 17.8. The van der Waals surface area contributed by atoms with E-state index in [-0.39, 0.29) is 24.5 Å². The van der Waals surface area contributed by atoms with Crippen molar-refractivity contribution in [1.29, 1.82) is 0 Å². The van der Waals surface area contributed by atoms with Crippen molar-refractivity contribution >= 4 is 18.4 Å². The summed E-state index contributed by atoms with van der Waals surface area (Å²) >= 11 is 0. The van der Waals surface area contributed by atoms with E-state index in [1.54, 1.807) is 6.33 Å². The summed E-state index contributed by atoms with van der Waals surface area (Å²) in [6.45, 7) is 0.576. The number of hydrogen-bond acceptors (Lipinski definition) is 3. The number of aromatic nitrogens is 2.